The fourth-order valence-electron chi connectivity index (χ4n) is 2.46. The summed E-state index contributed by atoms with van der Waals surface area (Å²) < 4.78 is 1.41. The van der Waals surface area contributed by atoms with E-state index in [-0.39, 0.29) is 17.6 Å². The maximum absolute atomic E-state index is 12.0. The molecule has 2 rings (SSSR count). The van der Waals surface area contributed by atoms with Crippen LogP contribution < -0.4 is 16.2 Å². The van der Waals surface area contributed by atoms with Gasteiger partial charge in [0.2, 0.25) is 0 Å². The van der Waals surface area contributed by atoms with E-state index in [2.05, 4.69) is 10.6 Å². The Balaban J connectivity index is 2.01. The Morgan fingerprint density at radius 3 is 2.80 bits per heavy atom. The third-order valence-electron chi connectivity index (χ3n) is 3.73. The van der Waals surface area contributed by atoms with Crippen LogP contribution in [0.5, 0.6) is 0 Å². The topological polar surface area (TPSA) is 83.4 Å². The minimum absolute atomic E-state index is 0.115. The van der Waals surface area contributed by atoms with Crippen molar-refractivity contribution in [3.63, 3.8) is 0 Å². The molecule has 2 unspecified atom stereocenters. The van der Waals surface area contributed by atoms with Crippen molar-refractivity contribution in [3.05, 3.63) is 28.2 Å². The highest BCUT2D eigenvalue weighted by atomic mass is 16.3. The molecule has 0 bridgehead atoms. The first-order chi connectivity index (χ1) is 9.47. The van der Waals surface area contributed by atoms with Gasteiger partial charge in [-0.2, -0.15) is 0 Å². The molecular weight excluding hydrogens is 258 g/mol. The molecule has 0 aliphatic heterocycles. The van der Waals surface area contributed by atoms with Gasteiger partial charge in [-0.15, -0.1) is 0 Å². The van der Waals surface area contributed by atoms with Gasteiger partial charge >= 0.3 is 6.03 Å². The summed E-state index contributed by atoms with van der Waals surface area (Å²) in [6, 6.07) is 0.930. The van der Waals surface area contributed by atoms with Crippen LogP contribution in [0.1, 0.15) is 31.2 Å². The molecule has 0 spiro atoms. The molecule has 0 saturated heterocycles. The Labute approximate surface area is 117 Å². The summed E-state index contributed by atoms with van der Waals surface area (Å²) in [5, 5.41) is 15.3. The van der Waals surface area contributed by atoms with Crippen LogP contribution in [0.4, 0.5) is 10.5 Å². The predicted molar refractivity (Wildman–Crippen MR) is 76.8 cm³/mol. The van der Waals surface area contributed by atoms with E-state index in [0.717, 1.165) is 25.7 Å². The third-order valence-corrected chi connectivity index (χ3v) is 3.73. The van der Waals surface area contributed by atoms with Crippen molar-refractivity contribution in [2.24, 2.45) is 7.05 Å². The maximum atomic E-state index is 12.0. The lowest BCUT2D eigenvalue weighted by molar-refractivity contribution is 0.0955. The van der Waals surface area contributed by atoms with Gasteiger partial charge in [-0.1, -0.05) is 12.8 Å². The van der Waals surface area contributed by atoms with E-state index in [1.54, 1.807) is 20.2 Å². The second kappa shape index (κ2) is 6.09. The van der Waals surface area contributed by atoms with Crippen LogP contribution in [0, 0.1) is 6.92 Å². The lowest BCUT2D eigenvalue weighted by atomic mass is 9.93. The van der Waals surface area contributed by atoms with Crippen LogP contribution in [0.25, 0.3) is 0 Å². The quantitative estimate of drug-likeness (QED) is 0.758. The molecule has 6 heteroatoms. The van der Waals surface area contributed by atoms with Gasteiger partial charge in [0.25, 0.3) is 5.56 Å². The second-order valence-corrected chi connectivity index (χ2v) is 5.38. The first-order valence-corrected chi connectivity index (χ1v) is 6.90. The molecule has 110 valence electrons. The van der Waals surface area contributed by atoms with Crippen molar-refractivity contribution >= 4 is 11.7 Å². The predicted octanol–water partition coefficient (Wildman–Crippen LogP) is 1.12. The molecular formula is C14H21N3O3. The molecule has 1 aromatic heterocycles. The highest BCUT2D eigenvalue weighted by Gasteiger charge is 2.24. The number of hydrogen-bond acceptors (Lipinski definition) is 3. The molecule has 2 amide bonds. The Morgan fingerprint density at radius 2 is 2.10 bits per heavy atom. The molecule has 3 N–H and O–H groups in total. The van der Waals surface area contributed by atoms with Crippen molar-refractivity contribution in [1.29, 1.82) is 0 Å². The van der Waals surface area contributed by atoms with Gasteiger partial charge in [-0.05, 0) is 25.3 Å². The van der Waals surface area contributed by atoms with Crippen LogP contribution in [0.15, 0.2) is 17.1 Å². The molecule has 1 aliphatic rings. The van der Waals surface area contributed by atoms with Crippen molar-refractivity contribution in [3.8, 4) is 0 Å². The maximum Gasteiger partial charge on any atom is 0.319 e. The zero-order chi connectivity index (χ0) is 14.7. The van der Waals surface area contributed by atoms with Gasteiger partial charge in [0.15, 0.2) is 0 Å². The summed E-state index contributed by atoms with van der Waals surface area (Å²) in [6.07, 6.45) is 4.65. The number of hydrogen-bond donors (Lipinski definition) is 3. The van der Waals surface area contributed by atoms with Gasteiger partial charge in [-0.25, -0.2) is 4.79 Å². The average molecular weight is 279 g/mol. The summed E-state index contributed by atoms with van der Waals surface area (Å²) >= 11 is 0. The van der Waals surface area contributed by atoms with Gasteiger partial charge in [0.05, 0.1) is 17.8 Å². The molecule has 6 nitrogen and oxygen atoms in total. The number of anilines is 1. The number of rotatable bonds is 2. The normalized spacial score (nSPS) is 22.4. The molecule has 2 atom stereocenters. The minimum atomic E-state index is -0.476. The number of pyridine rings is 1. The van der Waals surface area contributed by atoms with Gasteiger partial charge in [0.1, 0.15) is 0 Å². The Kier molecular flexibility index (Phi) is 4.44. The molecule has 1 aliphatic carbocycles. The Morgan fingerprint density at radius 1 is 1.40 bits per heavy atom. The number of aryl methyl sites for hydroxylation is 2. The van der Waals surface area contributed by atoms with Crippen LogP contribution in [-0.2, 0) is 7.05 Å². The molecule has 1 aromatic rings. The van der Waals surface area contributed by atoms with Crippen molar-refractivity contribution < 1.29 is 9.90 Å². The third kappa shape index (κ3) is 3.39. The summed E-state index contributed by atoms with van der Waals surface area (Å²) in [6.45, 7) is 1.77. The monoisotopic (exact) mass is 279 g/mol. The van der Waals surface area contributed by atoms with E-state index in [4.69, 9.17) is 0 Å². The highest BCUT2D eigenvalue weighted by molar-refractivity contribution is 5.90. The second-order valence-electron chi connectivity index (χ2n) is 5.38. The largest absolute Gasteiger partial charge is 0.391 e. The molecule has 0 aromatic carbocycles. The molecule has 0 radical (unpaired) electrons. The van der Waals surface area contributed by atoms with E-state index < -0.39 is 6.10 Å². The average Bonchev–Trinajstić information content (AvgIpc) is 2.39. The zero-order valence-electron chi connectivity index (χ0n) is 11.8. The first-order valence-electron chi connectivity index (χ1n) is 6.90. The standard InChI is InChI=1S/C14H21N3O3/c1-9-7-13(19)17(2)8-11(9)16-14(20)15-10-5-3-4-6-12(10)18/h7-8,10,12,18H,3-6H2,1-2H3,(H2,15,16,20). The number of urea groups is 1. The first kappa shape index (κ1) is 14.6. The van der Waals surface area contributed by atoms with E-state index in [1.807, 2.05) is 0 Å². The SMILES string of the molecule is Cc1cc(=O)n(C)cc1NC(=O)NC1CCCCC1O. The summed E-state index contributed by atoms with van der Waals surface area (Å²) in [5.41, 5.74) is 1.19. The van der Waals surface area contributed by atoms with E-state index >= 15 is 0 Å². The van der Waals surface area contributed by atoms with Gasteiger partial charge < -0.3 is 20.3 Å². The van der Waals surface area contributed by atoms with Gasteiger partial charge in [-0.3, -0.25) is 4.79 Å². The summed E-state index contributed by atoms with van der Waals surface area (Å²) in [4.78, 5) is 23.4. The lowest BCUT2D eigenvalue weighted by Crippen LogP contribution is -2.46. The number of aliphatic hydroxyl groups is 1. The fourth-order valence-corrected chi connectivity index (χ4v) is 2.46. The van der Waals surface area contributed by atoms with Crippen LogP contribution in [0.2, 0.25) is 0 Å². The summed E-state index contributed by atoms with van der Waals surface area (Å²) in [7, 11) is 1.63. The minimum Gasteiger partial charge on any atom is -0.391 e. The highest BCUT2D eigenvalue weighted by Crippen LogP contribution is 2.18. The fraction of sp³-hybridized carbons (Fsp3) is 0.571. The van der Waals surface area contributed by atoms with E-state index in [9.17, 15) is 14.7 Å². The molecule has 1 saturated carbocycles. The number of carbonyl (C=O) groups excluding carboxylic acids is 1. The van der Waals surface area contributed by atoms with Crippen LogP contribution >= 0.6 is 0 Å². The molecule has 1 fully saturated rings. The number of nitrogens with one attached hydrogen (secondary N) is 2. The summed E-state index contributed by atoms with van der Waals surface area (Å²) in [5.74, 6) is 0. The van der Waals surface area contributed by atoms with Crippen molar-refractivity contribution in [1.82, 2.24) is 9.88 Å². The van der Waals surface area contributed by atoms with Crippen LogP contribution in [-0.4, -0.2) is 27.9 Å². The van der Waals surface area contributed by atoms with Crippen molar-refractivity contribution in [2.75, 3.05) is 5.32 Å². The smallest absolute Gasteiger partial charge is 0.319 e. The number of carbonyl (C=O) groups is 1. The van der Waals surface area contributed by atoms with Crippen LogP contribution in [0.3, 0.4) is 0 Å². The Bertz CT molecular complexity index is 553. The number of aromatic nitrogens is 1. The number of amides is 2. The Hall–Kier alpha value is -1.82. The van der Waals surface area contributed by atoms with Gasteiger partial charge in [0, 0.05) is 19.3 Å². The lowest BCUT2D eigenvalue weighted by Gasteiger charge is -2.28. The van der Waals surface area contributed by atoms with Crippen molar-refractivity contribution in [2.45, 2.75) is 44.8 Å². The van der Waals surface area contributed by atoms with E-state index in [1.165, 1.54) is 10.6 Å². The molecule has 1 heterocycles. The molecule has 20 heavy (non-hydrogen) atoms. The number of nitrogens with zero attached hydrogens (tertiary/aromatic N) is 1. The van der Waals surface area contributed by atoms with E-state index in [0.29, 0.717) is 11.3 Å². The number of aliphatic hydroxyl groups excluding tert-OH is 1. The zero-order valence-corrected chi connectivity index (χ0v) is 11.8.